The van der Waals surface area contributed by atoms with Gasteiger partial charge in [-0.1, -0.05) is 20.4 Å². The van der Waals surface area contributed by atoms with Crippen LogP contribution in [-0.4, -0.2) is 42.8 Å². The minimum Gasteiger partial charge on any atom is -0.491 e. The Balaban J connectivity index is 0. The van der Waals surface area contributed by atoms with Crippen LogP contribution in [0.5, 0.6) is 5.75 Å². The highest BCUT2D eigenvalue weighted by atomic mass is 19.1. The molecule has 0 radical (unpaired) electrons. The van der Waals surface area contributed by atoms with Crippen molar-refractivity contribution in [3.8, 4) is 5.75 Å². The number of hydrogen-bond donors (Lipinski definition) is 2. The van der Waals surface area contributed by atoms with Crippen LogP contribution >= 0.6 is 0 Å². The molecule has 1 rings (SSSR count). The van der Waals surface area contributed by atoms with E-state index in [4.69, 9.17) is 14.6 Å². The topological polar surface area (TPSA) is 88.1 Å². The summed E-state index contributed by atoms with van der Waals surface area (Å²) in [7, 11) is 2.57. The molecular weight excluding hydrogens is 415 g/mol. The maximum atomic E-state index is 13.7. The van der Waals surface area contributed by atoms with Gasteiger partial charge < -0.3 is 24.8 Å². The molecule has 0 bridgehead atoms. The molecule has 0 aliphatic heterocycles. The van der Waals surface area contributed by atoms with E-state index in [1.807, 2.05) is 13.8 Å². The van der Waals surface area contributed by atoms with Crippen molar-refractivity contribution >= 4 is 17.7 Å². The summed E-state index contributed by atoms with van der Waals surface area (Å²) in [5, 5.41) is 9.67. The number of amides is 2. The number of halogens is 1. The van der Waals surface area contributed by atoms with Crippen molar-refractivity contribution in [2.24, 2.45) is 0 Å². The second kappa shape index (κ2) is 16.5. The van der Waals surface area contributed by atoms with Crippen LogP contribution in [0.25, 0.3) is 0 Å². The molecule has 0 unspecified atom stereocenters. The van der Waals surface area contributed by atoms with Gasteiger partial charge in [-0.25, -0.2) is 14.0 Å². The summed E-state index contributed by atoms with van der Waals surface area (Å²) in [5.74, 6) is -0.641. The average molecular weight is 453 g/mol. The van der Waals surface area contributed by atoms with E-state index in [-0.39, 0.29) is 11.3 Å². The first-order chi connectivity index (χ1) is 15.1. The summed E-state index contributed by atoms with van der Waals surface area (Å²) >= 11 is 0. The van der Waals surface area contributed by atoms with Crippen molar-refractivity contribution in [3.05, 3.63) is 59.3 Å². The number of carbonyl (C=O) groups excluding carboxylic acids is 2. The highest BCUT2D eigenvalue weighted by Crippen LogP contribution is 2.22. The molecule has 0 saturated heterocycles. The van der Waals surface area contributed by atoms with E-state index in [2.05, 4.69) is 11.9 Å². The Morgan fingerprint density at radius 2 is 1.75 bits per heavy atom. The van der Waals surface area contributed by atoms with Gasteiger partial charge in [0.05, 0.1) is 6.61 Å². The Labute approximate surface area is 191 Å². The lowest BCUT2D eigenvalue weighted by Crippen LogP contribution is -2.30. The van der Waals surface area contributed by atoms with E-state index in [1.165, 1.54) is 23.1 Å². The molecule has 0 aromatic heterocycles. The minimum atomic E-state index is -0.540. The SMILES string of the molecule is C=C(C)C(=O)OC(/C=C(\C)N(C)C(=O)Nc1ccc(F)c(OCC)c1)=C(C)C.CC.CO. The maximum Gasteiger partial charge on any atom is 0.338 e. The van der Waals surface area contributed by atoms with Crippen LogP contribution in [0.2, 0.25) is 0 Å². The standard InChI is InChI=1S/C21H27FN2O4.C2H6.CH4O/c1-8-27-19-12-16(9-10-17(19)22)23-21(26)24(7)15(6)11-18(13(2)3)28-20(25)14(4)5;2*1-2/h9-12H,4,8H2,1-3,5-7H3,(H,23,26);1-2H3;2H,1H3/b15-11+;;. The average Bonchev–Trinajstić information content (AvgIpc) is 2.77. The zero-order chi connectivity index (χ0) is 25.4. The molecule has 1 aromatic carbocycles. The van der Waals surface area contributed by atoms with Crippen molar-refractivity contribution < 1.29 is 28.6 Å². The third kappa shape index (κ3) is 10.8. The number of nitrogens with one attached hydrogen (secondary N) is 1. The molecule has 2 N–H and O–H groups in total. The molecule has 32 heavy (non-hydrogen) atoms. The molecule has 0 aliphatic carbocycles. The molecule has 2 amide bonds. The van der Waals surface area contributed by atoms with Crippen LogP contribution < -0.4 is 10.1 Å². The van der Waals surface area contributed by atoms with Gasteiger partial charge in [-0.05, 0) is 52.3 Å². The highest BCUT2D eigenvalue weighted by molar-refractivity contribution is 5.90. The predicted molar refractivity (Wildman–Crippen MR) is 127 cm³/mol. The number of allylic oxidation sites excluding steroid dienone is 3. The lowest BCUT2D eigenvalue weighted by molar-refractivity contribution is -0.134. The van der Waals surface area contributed by atoms with E-state index >= 15 is 0 Å². The molecular formula is C24H37FN2O5. The van der Waals surface area contributed by atoms with Crippen LogP contribution in [0, 0.1) is 5.82 Å². The van der Waals surface area contributed by atoms with Gasteiger partial charge in [0, 0.05) is 43.3 Å². The summed E-state index contributed by atoms with van der Waals surface area (Å²) in [4.78, 5) is 25.6. The Kier molecular flexibility index (Phi) is 16.1. The number of nitrogens with zero attached hydrogens (tertiary/aromatic N) is 1. The summed E-state index contributed by atoms with van der Waals surface area (Å²) in [5.41, 5.74) is 1.97. The molecule has 0 saturated carbocycles. The van der Waals surface area contributed by atoms with Crippen LogP contribution in [0.4, 0.5) is 14.9 Å². The van der Waals surface area contributed by atoms with E-state index < -0.39 is 17.8 Å². The van der Waals surface area contributed by atoms with Crippen LogP contribution in [0.15, 0.2) is 53.5 Å². The smallest absolute Gasteiger partial charge is 0.338 e. The normalized spacial score (nSPS) is 9.78. The number of esters is 1. The Hall–Kier alpha value is -3.13. The second-order valence-corrected chi connectivity index (χ2v) is 6.39. The lowest BCUT2D eigenvalue weighted by Gasteiger charge is -2.20. The van der Waals surface area contributed by atoms with E-state index in [0.29, 0.717) is 23.8 Å². The number of carbonyl (C=O) groups is 2. The second-order valence-electron chi connectivity index (χ2n) is 6.39. The van der Waals surface area contributed by atoms with E-state index in [9.17, 15) is 14.0 Å². The minimum absolute atomic E-state index is 0.0637. The Bertz CT molecular complexity index is 828. The first-order valence-electron chi connectivity index (χ1n) is 10.2. The largest absolute Gasteiger partial charge is 0.491 e. The zero-order valence-electron chi connectivity index (χ0n) is 20.6. The summed E-state index contributed by atoms with van der Waals surface area (Å²) in [6.45, 7) is 16.4. The molecule has 0 spiro atoms. The van der Waals surface area contributed by atoms with Crippen molar-refractivity contribution in [3.63, 3.8) is 0 Å². The molecule has 8 heteroatoms. The molecule has 180 valence electrons. The third-order valence-electron chi connectivity index (χ3n) is 3.70. The van der Waals surface area contributed by atoms with E-state index in [0.717, 1.165) is 12.7 Å². The Morgan fingerprint density at radius 1 is 1.19 bits per heavy atom. The van der Waals surface area contributed by atoms with Gasteiger partial charge in [-0.3, -0.25) is 0 Å². The summed E-state index contributed by atoms with van der Waals surface area (Å²) in [6, 6.07) is 3.64. The van der Waals surface area contributed by atoms with Gasteiger partial charge in [0.1, 0.15) is 5.76 Å². The number of aliphatic hydroxyl groups excluding tert-OH is 1. The van der Waals surface area contributed by atoms with Crippen molar-refractivity contribution in [2.75, 3.05) is 26.1 Å². The van der Waals surface area contributed by atoms with Gasteiger partial charge in [0.15, 0.2) is 11.6 Å². The number of aliphatic hydroxyl groups is 1. The van der Waals surface area contributed by atoms with Gasteiger partial charge in [-0.15, -0.1) is 0 Å². The number of urea groups is 1. The molecule has 0 aliphatic rings. The van der Waals surface area contributed by atoms with Crippen LogP contribution in [-0.2, 0) is 9.53 Å². The number of hydrogen-bond acceptors (Lipinski definition) is 5. The van der Waals surface area contributed by atoms with Crippen molar-refractivity contribution in [2.45, 2.75) is 48.5 Å². The molecule has 0 heterocycles. The van der Waals surface area contributed by atoms with E-state index in [1.54, 1.807) is 47.7 Å². The zero-order valence-corrected chi connectivity index (χ0v) is 20.6. The fraction of sp³-hybridized carbons (Fsp3) is 0.417. The number of ether oxygens (including phenoxy) is 2. The first-order valence-corrected chi connectivity index (χ1v) is 10.2. The van der Waals surface area contributed by atoms with Gasteiger partial charge in [0.2, 0.25) is 0 Å². The molecule has 0 fully saturated rings. The molecule has 7 nitrogen and oxygen atoms in total. The maximum absolute atomic E-state index is 13.7. The van der Waals surface area contributed by atoms with Crippen molar-refractivity contribution in [1.82, 2.24) is 4.90 Å². The monoisotopic (exact) mass is 452 g/mol. The lowest BCUT2D eigenvalue weighted by atomic mass is 10.2. The third-order valence-corrected chi connectivity index (χ3v) is 3.70. The number of benzene rings is 1. The van der Waals surface area contributed by atoms with Gasteiger partial charge in [-0.2, -0.15) is 0 Å². The Morgan fingerprint density at radius 3 is 2.22 bits per heavy atom. The fourth-order valence-electron chi connectivity index (χ4n) is 1.96. The number of rotatable bonds is 7. The molecule has 0 atom stereocenters. The molecule has 1 aromatic rings. The quantitative estimate of drug-likeness (QED) is 0.242. The van der Waals surface area contributed by atoms with Gasteiger partial charge in [0.25, 0.3) is 0 Å². The fourth-order valence-corrected chi connectivity index (χ4v) is 1.96. The van der Waals surface area contributed by atoms with Crippen LogP contribution in [0.1, 0.15) is 48.5 Å². The van der Waals surface area contributed by atoms with Crippen molar-refractivity contribution in [1.29, 1.82) is 0 Å². The summed E-state index contributed by atoms with van der Waals surface area (Å²) < 4.78 is 24.1. The van der Waals surface area contributed by atoms with Gasteiger partial charge >= 0.3 is 12.0 Å². The van der Waals surface area contributed by atoms with Crippen LogP contribution in [0.3, 0.4) is 0 Å². The number of anilines is 1. The predicted octanol–water partition coefficient (Wildman–Crippen LogP) is 5.64. The highest BCUT2D eigenvalue weighted by Gasteiger charge is 2.14. The summed E-state index contributed by atoms with van der Waals surface area (Å²) in [6.07, 6.45) is 1.59. The first kappa shape index (κ1) is 31.1.